The van der Waals surface area contributed by atoms with Gasteiger partial charge in [-0.2, -0.15) is 0 Å². The van der Waals surface area contributed by atoms with E-state index >= 15 is 0 Å². The number of ether oxygens (including phenoxy) is 3. The fraction of sp³-hybridized carbons (Fsp3) is 0.304. The van der Waals surface area contributed by atoms with Crippen molar-refractivity contribution in [2.24, 2.45) is 0 Å². The largest absolute Gasteiger partial charge is 0.490 e. The number of allylic oxidation sites excluding steroid dienone is 1. The summed E-state index contributed by atoms with van der Waals surface area (Å²) < 4.78 is 15.5. The molecule has 0 aliphatic carbocycles. The Morgan fingerprint density at radius 2 is 1.97 bits per heavy atom. The topological polar surface area (TPSA) is 117 Å². The summed E-state index contributed by atoms with van der Waals surface area (Å²) in [7, 11) is 1.31. The van der Waals surface area contributed by atoms with Gasteiger partial charge in [-0.25, -0.2) is 4.79 Å². The smallest absolute Gasteiger partial charge is 0.330 e. The lowest BCUT2D eigenvalue weighted by atomic mass is 10.1. The first-order valence-electron chi connectivity index (χ1n) is 10.1. The second kappa shape index (κ2) is 12.9. The molecule has 0 saturated carbocycles. The van der Waals surface area contributed by atoms with Gasteiger partial charge in [-0.05, 0) is 31.9 Å². The highest BCUT2D eigenvalue weighted by molar-refractivity contribution is 6.05. The van der Waals surface area contributed by atoms with Crippen molar-refractivity contribution in [3.05, 3.63) is 75.9 Å². The molecule has 0 spiro atoms. The van der Waals surface area contributed by atoms with Crippen LogP contribution in [0.1, 0.15) is 35.7 Å². The van der Waals surface area contributed by atoms with Crippen LogP contribution in [-0.2, 0) is 20.9 Å². The normalized spacial score (nSPS) is 10.7. The van der Waals surface area contributed by atoms with Crippen LogP contribution in [0.3, 0.4) is 0 Å². The van der Waals surface area contributed by atoms with Crippen molar-refractivity contribution in [3.63, 3.8) is 0 Å². The molecule has 0 heterocycles. The molecule has 0 atom stereocenters. The summed E-state index contributed by atoms with van der Waals surface area (Å²) in [6.07, 6.45) is 4.56. The molecule has 9 nitrogen and oxygen atoms in total. The third kappa shape index (κ3) is 7.51. The predicted octanol–water partition coefficient (Wildman–Crippen LogP) is 4.27. The lowest BCUT2D eigenvalue weighted by Gasteiger charge is -2.12. The number of rotatable bonds is 12. The number of nitrogens with one attached hydrogen (secondary N) is 1. The summed E-state index contributed by atoms with van der Waals surface area (Å²) in [6, 6.07) is 11.2. The SMILES string of the molecule is CCOC(=O)/C=C/CCCOCc1ccccc1NC(=O)c1ccc([N+](=O)[O-])c(OC)c1. The quantitative estimate of drug-likeness (QED) is 0.171. The van der Waals surface area contributed by atoms with Crippen LogP contribution in [0.25, 0.3) is 0 Å². The van der Waals surface area contributed by atoms with Gasteiger partial charge in [-0.1, -0.05) is 24.3 Å². The van der Waals surface area contributed by atoms with E-state index in [0.717, 1.165) is 12.0 Å². The number of methoxy groups -OCH3 is 1. The number of hydrogen-bond acceptors (Lipinski definition) is 7. The summed E-state index contributed by atoms with van der Waals surface area (Å²) in [6.45, 7) is 2.87. The van der Waals surface area contributed by atoms with E-state index in [9.17, 15) is 19.7 Å². The fourth-order valence-electron chi connectivity index (χ4n) is 2.79. The number of hydrogen-bond donors (Lipinski definition) is 1. The van der Waals surface area contributed by atoms with Gasteiger partial charge in [0.2, 0.25) is 0 Å². The molecule has 2 aromatic carbocycles. The van der Waals surface area contributed by atoms with E-state index in [1.165, 1.54) is 31.4 Å². The highest BCUT2D eigenvalue weighted by Gasteiger charge is 2.18. The molecule has 0 saturated heterocycles. The summed E-state index contributed by atoms with van der Waals surface area (Å²) in [4.78, 5) is 34.3. The zero-order valence-electron chi connectivity index (χ0n) is 18.0. The van der Waals surface area contributed by atoms with Gasteiger partial charge in [-0.3, -0.25) is 14.9 Å². The number of nitro groups is 1. The third-order valence-corrected chi connectivity index (χ3v) is 4.36. The molecule has 32 heavy (non-hydrogen) atoms. The molecule has 2 rings (SSSR count). The van der Waals surface area contributed by atoms with Crippen LogP contribution >= 0.6 is 0 Å². The second-order valence-electron chi connectivity index (χ2n) is 6.60. The van der Waals surface area contributed by atoms with E-state index in [1.54, 1.807) is 25.1 Å². The molecule has 0 aliphatic rings. The number of para-hydroxylation sites is 1. The van der Waals surface area contributed by atoms with Crippen molar-refractivity contribution in [2.45, 2.75) is 26.4 Å². The fourth-order valence-corrected chi connectivity index (χ4v) is 2.79. The van der Waals surface area contributed by atoms with E-state index in [0.29, 0.717) is 31.9 Å². The third-order valence-electron chi connectivity index (χ3n) is 4.36. The minimum atomic E-state index is -0.570. The maximum atomic E-state index is 12.6. The highest BCUT2D eigenvalue weighted by atomic mass is 16.6. The van der Waals surface area contributed by atoms with Gasteiger partial charge in [0.15, 0.2) is 5.75 Å². The van der Waals surface area contributed by atoms with Crippen molar-refractivity contribution in [1.29, 1.82) is 0 Å². The average molecular weight is 442 g/mol. The van der Waals surface area contributed by atoms with Gasteiger partial charge in [0.1, 0.15) is 0 Å². The Morgan fingerprint density at radius 1 is 1.19 bits per heavy atom. The van der Waals surface area contributed by atoms with Gasteiger partial charge in [0.25, 0.3) is 5.91 Å². The first-order chi connectivity index (χ1) is 15.5. The molecule has 1 N–H and O–H groups in total. The van der Waals surface area contributed by atoms with Crippen molar-refractivity contribution in [3.8, 4) is 5.75 Å². The van der Waals surface area contributed by atoms with Crippen molar-refractivity contribution < 1.29 is 28.7 Å². The van der Waals surface area contributed by atoms with Gasteiger partial charge in [0.05, 0.1) is 25.2 Å². The second-order valence-corrected chi connectivity index (χ2v) is 6.60. The number of carbonyl (C=O) groups excluding carboxylic acids is 2. The Labute approximate surface area is 186 Å². The minimum Gasteiger partial charge on any atom is -0.490 e. The van der Waals surface area contributed by atoms with Crippen LogP contribution < -0.4 is 10.1 Å². The van der Waals surface area contributed by atoms with E-state index < -0.39 is 10.8 Å². The molecule has 0 bridgehead atoms. The van der Waals surface area contributed by atoms with Gasteiger partial charge < -0.3 is 19.5 Å². The maximum Gasteiger partial charge on any atom is 0.330 e. The van der Waals surface area contributed by atoms with Crippen LogP contribution in [0.4, 0.5) is 11.4 Å². The van der Waals surface area contributed by atoms with Crippen molar-refractivity contribution >= 4 is 23.3 Å². The first-order valence-corrected chi connectivity index (χ1v) is 10.1. The monoisotopic (exact) mass is 442 g/mol. The molecule has 2 aromatic rings. The predicted molar refractivity (Wildman–Crippen MR) is 119 cm³/mol. The summed E-state index contributed by atoms with van der Waals surface area (Å²) in [5.74, 6) is -0.769. The van der Waals surface area contributed by atoms with E-state index in [-0.39, 0.29) is 23.0 Å². The lowest BCUT2D eigenvalue weighted by molar-refractivity contribution is -0.385. The van der Waals surface area contributed by atoms with Crippen molar-refractivity contribution in [2.75, 3.05) is 25.6 Å². The van der Waals surface area contributed by atoms with Crippen LogP contribution in [-0.4, -0.2) is 37.1 Å². The first kappa shape index (κ1) is 24.5. The zero-order valence-corrected chi connectivity index (χ0v) is 18.0. The van der Waals surface area contributed by atoms with E-state index in [1.807, 2.05) is 12.1 Å². The number of amides is 1. The zero-order chi connectivity index (χ0) is 23.3. The van der Waals surface area contributed by atoms with E-state index in [2.05, 4.69) is 5.32 Å². The summed E-state index contributed by atoms with van der Waals surface area (Å²) in [5, 5.41) is 13.8. The van der Waals surface area contributed by atoms with Crippen LogP contribution in [0.15, 0.2) is 54.6 Å². The Kier molecular flexibility index (Phi) is 9.86. The minimum absolute atomic E-state index is 0.0104. The molecule has 0 radical (unpaired) electrons. The number of nitrogens with zero attached hydrogens (tertiary/aromatic N) is 1. The lowest BCUT2D eigenvalue weighted by Crippen LogP contribution is -2.14. The number of carbonyl (C=O) groups is 2. The van der Waals surface area contributed by atoms with E-state index in [4.69, 9.17) is 14.2 Å². The maximum absolute atomic E-state index is 12.6. The molecular formula is C23H26N2O7. The Morgan fingerprint density at radius 3 is 2.69 bits per heavy atom. The average Bonchev–Trinajstić information content (AvgIpc) is 2.79. The molecule has 0 aliphatic heterocycles. The Balaban J connectivity index is 1.91. The molecule has 9 heteroatoms. The summed E-state index contributed by atoms with van der Waals surface area (Å²) in [5.41, 5.74) is 1.39. The number of esters is 1. The standard InChI is InChI=1S/C23H26N2O7/c1-3-32-22(26)11-5-4-8-14-31-16-18-9-6-7-10-19(18)24-23(27)17-12-13-20(25(28)29)21(15-17)30-2/h5-7,9-13,15H,3-4,8,14,16H2,1-2H3,(H,24,27)/b11-5+. The van der Waals surface area contributed by atoms with Gasteiger partial charge in [0, 0.05) is 41.6 Å². The number of unbranched alkanes of at least 4 members (excludes halogenated alkanes) is 1. The van der Waals surface area contributed by atoms with Gasteiger partial charge in [-0.15, -0.1) is 0 Å². The van der Waals surface area contributed by atoms with Gasteiger partial charge >= 0.3 is 11.7 Å². The molecule has 170 valence electrons. The molecule has 0 fully saturated rings. The summed E-state index contributed by atoms with van der Waals surface area (Å²) >= 11 is 0. The highest BCUT2D eigenvalue weighted by Crippen LogP contribution is 2.28. The van der Waals surface area contributed by atoms with Crippen LogP contribution in [0.5, 0.6) is 5.75 Å². The number of anilines is 1. The number of nitro benzene ring substituents is 1. The Hall–Kier alpha value is -3.72. The number of benzene rings is 2. The molecule has 0 unspecified atom stereocenters. The molecule has 0 aromatic heterocycles. The Bertz CT molecular complexity index is 973. The van der Waals surface area contributed by atoms with Crippen LogP contribution in [0, 0.1) is 10.1 Å². The molecule has 1 amide bonds. The molecular weight excluding hydrogens is 416 g/mol. The van der Waals surface area contributed by atoms with Crippen molar-refractivity contribution in [1.82, 2.24) is 0 Å². The van der Waals surface area contributed by atoms with Crippen LogP contribution in [0.2, 0.25) is 0 Å².